The number of aryl methyl sites for hydroxylation is 1. The summed E-state index contributed by atoms with van der Waals surface area (Å²) in [7, 11) is -3.64. The molecule has 154 valence electrons. The lowest BCUT2D eigenvalue weighted by molar-refractivity contribution is -0.154. The molecule has 0 fully saturated rings. The molecule has 9 heteroatoms. The number of hydrogen-bond acceptors (Lipinski definition) is 6. The van der Waals surface area contributed by atoms with E-state index in [1.54, 1.807) is 42.5 Å². The Kier molecular flexibility index (Phi) is 7.49. The summed E-state index contributed by atoms with van der Waals surface area (Å²) in [5.74, 6) is -2.54. The highest BCUT2D eigenvalue weighted by molar-refractivity contribution is 7.91. The van der Waals surface area contributed by atoms with Gasteiger partial charge in [-0.2, -0.15) is 0 Å². The van der Waals surface area contributed by atoms with Gasteiger partial charge in [0.1, 0.15) is 0 Å². The zero-order valence-electron chi connectivity index (χ0n) is 16.0. The average molecular weight is 418 g/mol. The summed E-state index contributed by atoms with van der Waals surface area (Å²) in [5.41, 5.74) is 5.63. The molecule has 0 radical (unpaired) electrons. The highest BCUT2D eigenvalue weighted by Gasteiger charge is 2.21. The minimum atomic E-state index is -3.64. The molecular weight excluding hydrogens is 396 g/mol. The van der Waals surface area contributed by atoms with E-state index in [2.05, 4.69) is 10.9 Å². The normalized spacial score (nSPS) is 11.9. The predicted octanol–water partition coefficient (Wildman–Crippen LogP) is 1.55. The summed E-state index contributed by atoms with van der Waals surface area (Å²) in [5, 5.41) is 0. The summed E-state index contributed by atoms with van der Waals surface area (Å²) in [6.07, 6.45) is -1.61. The maximum absolute atomic E-state index is 12.2. The SMILES string of the molecule is Cc1ccc(S(=O)(=O)CCC(=O)O[C@@H](C)C(=O)NNC(=O)c2ccccc2)cc1. The maximum atomic E-state index is 12.2. The Morgan fingerprint density at radius 1 is 0.966 bits per heavy atom. The molecule has 8 nitrogen and oxygen atoms in total. The number of nitrogens with one attached hydrogen (secondary N) is 2. The van der Waals surface area contributed by atoms with Crippen molar-refractivity contribution in [1.29, 1.82) is 0 Å². The molecule has 0 spiro atoms. The molecule has 1 atom stereocenters. The number of carbonyl (C=O) groups excluding carboxylic acids is 3. The Morgan fingerprint density at radius 3 is 2.21 bits per heavy atom. The smallest absolute Gasteiger partial charge is 0.307 e. The molecule has 0 aromatic heterocycles. The second kappa shape index (κ2) is 9.83. The molecule has 0 unspecified atom stereocenters. The van der Waals surface area contributed by atoms with E-state index in [4.69, 9.17) is 4.74 Å². The minimum absolute atomic E-state index is 0.116. The van der Waals surface area contributed by atoms with Crippen molar-refractivity contribution in [2.24, 2.45) is 0 Å². The van der Waals surface area contributed by atoms with Crippen LogP contribution >= 0.6 is 0 Å². The third-order valence-corrected chi connectivity index (χ3v) is 5.70. The highest BCUT2D eigenvalue weighted by atomic mass is 32.2. The van der Waals surface area contributed by atoms with Gasteiger partial charge in [-0.25, -0.2) is 8.42 Å². The lowest BCUT2D eigenvalue weighted by Gasteiger charge is -2.14. The fraction of sp³-hybridized carbons (Fsp3) is 0.250. The first kappa shape index (κ1) is 22.1. The van der Waals surface area contributed by atoms with Crippen LogP contribution < -0.4 is 10.9 Å². The third-order valence-electron chi connectivity index (χ3n) is 3.97. The first-order valence-corrected chi connectivity index (χ1v) is 10.5. The topological polar surface area (TPSA) is 119 Å². The quantitative estimate of drug-likeness (QED) is 0.520. The van der Waals surface area contributed by atoms with E-state index in [0.717, 1.165) is 5.56 Å². The van der Waals surface area contributed by atoms with Crippen LogP contribution in [0.5, 0.6) is 0 Å². The third kappa shape index (κ3) is 6.72. The largest absolute Gasteiger partial charge is 0.452 e. The Hall–Kier alpha value is -3.20. The number of ether oxygens (including phenoxy) is 1. The van der Waals surface area contributed by atoms with E-state index in [-0.39, 0.29) is 4.90 Å². The fourth-order valence-electron chi connectivity index (χ4n) is 2.27. The van der Waals surface area contributed by atoms with Gasteiger partial charge in [0.25, 0.3) is 11.8 Å². The number of hydrazine groups is 1. The van der Waals surface area contributed by atoms with Gasteiger partial charge in [-0.1, -0.05) is 35.9 Å². The molecule has 0 saturated heterocycles. The molecule has 2 aromatic rings. The van der Waals surface area contributed by atoms with Crippen molar-refractivity contribution in [3.8, 4) is 0 Å². The zero-order chi connectivity index (χ0) is 21.4. The molecule has 2 aromatic carbocycles. The molecule has 0 heterocycles. The van der Waals surface area contributed by atoms with Gasteiger partial charge in [-0.3, -0.25) is 25.2 Å². The van der Waals surface area contributed by atoms with Crippen LogP contribution in [0, 0.1) is 6.92 Å². The van der Waals surface area contributed by atoms with Crippen LogP contribution in [0.15, 0.2) is 59.5 Å². The Labute approximate surface area is 169 Å². The summed E-state index contributed by atoms with van der Waals surface area (Å²) in [6, 6.07) is 14.5. The van der Waals surface area contributed by atoms with Gasteiger partial charge in [0.05, 0.1) is 17.1 Å². The molecular formula is C20H22N2O6S. The number of rotatable bonds is 7. The summed E-state index contributed by atoms with van der Waals surface area (Å²) in [4.78, 5) is 35.8. The average Bonchev–Trinajstić information content (AvgIpc) is 2.71. The van der Waals surface area contributed by atoms with Crippen LogP contribution in [0.1, 0.15) is 29.3 Å². The van der Waals surface area contributed by atoms with Crippen LogP contribution in [0.2, 0.25) is 0 Å². The zero-order valence-corrected chi connectivity index (χ0v) is 16.9. The molecule has 2 rings (SSSR count). The van der Waals surface area contributed by atoms with E-state index >= 15 is 0 Å². The van der Waals surface area contributed by atoms with Crippen molar-refractivity contribution in [2.75, 3.05) is 5.75 Å². The predicted molar refractivity (Wildman–Crippen MR) is 105 cm³/mol. The van der Waals surface area contributed by atoms with Crippen LogP contribution in [0.4, 0.5) is 0 Å². The van der Waals surface area contributed by atoms with Gasteiger partial charge in [-0.05, 0) is 38.1 Å². The van der Waals surface area contributed by atoms with Crippen LogP contribution in [0.3, 0.4) is 0 Å². The van der Waals surface area contributed by atoms with Crippen molar-refractivity contribution < 1.29 is 27.5 Å². The first-order valence-electron chi connectivity index (χ1n) is 8.83. The van der Waals surface area contributed by atoms with Crippen LogP contribution in [0.25, 0.3) is 0 Å². The van der Waals surface area contributed by atoms with E-state index in [1.165, 1.54) is 19.1 Å². The van der Waals surface area contributed by atoms with Crippen molar-refractivity contribution in [3.63, 3.8) is 0 Å². The van der Waals surface area contributed by atoms with Crippen molar-refractivity contribution >= 4 is 27.6 Å². The van der Waals surface area contributed by atoms with Crippen molar-refractivity contribution in [2.45, 2.75) is 31.3 Å². The van der Waals surface area contributed by atoms with Gasteiger partial charge < -0.3 is 4.74 Å². The summed E-state index contributed by atoms with van der Waals surface area (Å²) in [6.45, 7) is 3.15. The fourth-order valence-corrected chi connectivity index (χ4v) is 3.49. The van der Waals surface area contributed by atoms with Crippen LogP contribution in [-0.4, -0.2) is 38.1 Å². The monoisotopic (exact) mass is 418 g/mol. The molecule has 0 aliphatic heterocycles. The Bertz CT molecular complexity index is 972. The van der Waals surface area contributed by atoms with Gasteiger partial charge in [0, 0.05) is 5.56 Å². The highest BCUT2D eigenvalue weighted by Crippen LogP contribution is 2.13. The summed E-state index contributed by atoms with van der Waals surface area (Å²) >= 11 is 0. The molecule has 0 aliphatic rings. The second-order valence-corrected chi connectivity index (χ2v) is 8.43. The molecule has 0 bridgehead atoms. The number of esters is 1. The van der Waals surface area contributed by atoms with E-state index in [1.807, 2.05) is 6.92 Å². The lowest BCUT2D eigenvalue weighted by atomic mass is 10.2. The second-order valence-electron chi connectivity index (χ2n) is 6.32. The number of hydrogen-bond donors (Lipinski definition) is 2. The molecule has 2 amide bonds. The first-order chi connectivity index (χ1) is 13.7. The summed E-state index contributed by atoms with van der Waals surface area (Å²) < 4.78 is 29.4. The molecule has 0 saturated carbocycles. The van der Waals surface area contributed by atoms with Crippen molar-refractivity contribution in [3.05, 3.63) is 65.7 Å². The Morgan fingerprint density at radius 2 is 1.59 bits per heavy atom. The van der Waals surface area contributed by atoms with E-state index in [0.29, 0.717) is 5.56 Å². The minimum Gasteiger partial charge on any atom is -0.452 e. The van der Waals surface area contributed by atoms with Gasteiger partial charge in [0.2, 0.25) is 0 Å². The molecule has 29 heavy (non-hydrogen) atoms. The number of benzene rings is 2. The molecule has 2 N–H and O–H groups in total. The number of amides is 2. The van der Waals surface area contributed by atoms with Gasteiger partial charge in [-0.15, -0.1) is 0 Å². The van der Waals surface area contributed by atoms with E-state index in [9.17, 15) is 22.8 Å². The lowest BCUT2D eigenvalue weighted by Crippen LogP contribution is -2.46. The number of sulfone groups is 1. The standard InChI is InChI=1S/C20H22N2O6S/c1-14-8-10-17(11-9-14)29(26,27)13-12-18(23)28-15(2)19(24)21-22-20(25)16-6-4-3-5-7-16/h3-11,15H,12-13H2,1-2H3,(H,21,24)(H,22,25)/t15-/m0/s1. The Balaban J connectivity index is 1.79. The van der Waals surface area contributed by atoms with Crippen LogP contribution in [-0.2, 0) is 24.2 Å². The van der Waals surface area contributed by atoms with Gasteiger partial charge >= 0.3 is 5.97 Å². The maximum Gasteiger partial charge on any atom is 0.307 e. The van der Waals surface area contributed by atoms with Gasteiger partial charge in [0.15, 0.2) is 15.9 Å². The molecule has 0 aliphatic carbocycles. The van der Waals surface area contributed by atoms with Crippen molar-refractivity contribution in [1.82, 2.24) is 10.9 Å². The number of carbonyl (C=O) groups is 3. The van der Waals surface area contributed by atoms with E-state index < -0.39 is 45.9 Å².